The summed E-state index contributed by atoms with van der Waals surface area (Å²) >= 11 is 0. The number of ketones is 1. The molecule has 0 amide bonds. The van der Waals surface area contributed by atoms with Crippen molar-refractivity contribution >= 4 is 37.4 Å². The molecule has 0 fully saturated rings. The standard InChI is InChI=1S/C24H18N2O3S/c25-13-14-26(17-24(27)22-10-9-18-5-1-3-7-20(18)15-22)30(28,29)23-12-11-19-6-2-4-8-21(19)16-23/h1-12,15-16H,14,17H2. The Hall–Kier alpha value is -3.53. The van der Waals surface area contributed by atoms with E-state index in [0.717, 1.165) is 25.9 Å². The lowest BCUT2D eigenvalue weighted by molar-refractivity contribution is 0.0970. The van der Waals surface area contributed by atoms with Crippen LogP contribution in [0.4, 0.5) is 0 Å². The van der Waals surface area contributed by atoms with Gasteiger partial charge in [0.1, 0.15) is 6.54 Å². The number of carbonyl (C=O) groups is 1. The lowest BCUT2D eigenvalue weighted by Gasteiger charge is -2.19. The van der Waals surface area contributed by atoms with Crippen LogP contribution in [0.3, 0.4) is 0 Å². The van der Waals surface area contributed by atoms with Crippen LogP contribution in [0.1, 0.15) is 10.4 Å². The highest BCUT2D eigenvalue weighted by molar-refractivity contribution is 7.89. The average molecular weight is 414 g/mol. The number of nitrogens with zero attached hydrogens (tertiary/aromatic N) is 2. The minimum atomic E-state index is -4.01. The molecule has 0 unspecified atom stereocenters. The molecule has 0 N–H and O–H groups in total. The van der Waals surface area contributed by atoms with E-state index in [-0.39, 0.29) is 10.7 Å². The van der Waals surface area contributed by atoms with E-state index in [9.17, 15) is 18.5 Å². The van der Waals surface area contributed by atoms with Crippen LogP contribution in [0.25, 0.3) is 21.5 Å². The van der Waals surface area contributed by atoms with Gasteiger partial charge in [0.25, 0.3) is 0 Å². The molecule has 148 valence electrons. The Labute approximate surface area is 174 Å². The van der Waals surface area contributed by atoms with Gasteiger partial charge in [0.15, 0.2) is 5.78 Å². The van der Waals surface area contributed by atoms with Gasteiger partial charge in [-0.2, -0.15) is 9.57 Å². The third-order valence-corrected chi connectivity index (χ3v) is 6.78. The minimum Gasteiger partial charge on any atom is -0.293 e. The Morgan fingerprint density at radius 3 is 2.00 bits per heavy atom. The normalized spacial score (nSPS) is 11.6. The maximum Gasteiger partial charge on any atom is 0.244 e. The van der Waals surface area contributed by atoms with Crippen molar-refractivity contribution in [2.75, 3.05) is 13.1 Å². The fraction of sp³-hybridized carbons (Fsp3) is 0.0833. The molecule has 5 nitrogen and oxygen atoms in total. The average Bonchev–Trinajstić information content (AvgIpc) is 2.78. The van der Waals surface area contributed by atoms with Gasteiger partial charge in [-0.05, 0) is 39.7 Å². The number of benzene rings is 4. The quantitative estimate of drug-likeness (QED) is 0.346. The van der Waals surface area contributed by atoms with Gasteiger partial charge in [-0.1, -0.05) is 66.7 Å². The summed E-state index contributed by atoms with van der Waals surface area (Å²) in [5.41, 5.74) is 0.408. The molecule has 0 radical (unpaired) electrons. The molecule has 4 aromatic carbocycles. The summed E-state index contributed by atoms with van der Waals surface area (Å²) in [6.45, 7) is -0.810. The smallest absolute Gasteiger partial charge is 0.244 e. The fourth-order valence-electron chi connectivity index (χ4n) is 3.40. The topological polar surface area (TPSA) is 78.2 Å². The number of carbonyl (C=O) groups excluding carboxylic acids is 1. The van der Waals surface area contributed by atoms with Gasteiger partial charge in [-0.3, -0.25) is 4.79 Å². The molecule has 4 aromatic rings. The predicted molar refractivity (Wildman–Crippen MR) is 117 cm³/mol. The summed E-state index contributed by atoms with van der Waals surface area (Å²) < 4.78 is 27.3. The predicted octanol–water partition coefficient (Wildman–Crippen LogP) is 4.39. The largest absolute Gasteiger partial charge is 0.293 e. The first-order valence-electron chi connectivity index (χ1n) is 9.37. The van der Waals surface area contributed by atoms with E-state index in [0.29, 0.717) is 5.56 Å². The van der Waals surface area contributed by atoms with Crippen molar-refractivity contribution < 1.29 is 13.2 Å². The second-order valence-corrected chi connectivity index (χ2v) is 8.86. The number of Topliss-reactive ketones (excluding diaryl/α,β-unsaturated/α-hetero) is 1. The van der Waals surface area contributed by atoms with Gasteiger partial charge < -0.3 is 0 Å². The Morgan fingerprint density at radius 2 is 1.37 bits per heavy atom. The number of fused-ring (bicyclic) bond motifs is 2. The monoisotopic (exact) mass is 414 g/mol. The molecule has 0 atom stereocenters. The maximum absolute atomic E-state index is 13.2. The zero-order valence-corrected chi connectivity index (χ0v) is 16.8. The van der Waals surface area contributed by atoms with Gasteiger partial charge in [-0.15, -0.1) is 0 Å². The van der Waals surface area contributed by atoms with Gasteiger partial charge in [0.05, 0.1) is 17.5 Å². The van der Waals surface area contributed by atoms with Crippen molar-refractivity contribution in [1.29, 1.82) is 5.26 Å². The molecular weight excluding hydrogens is 396 g/mol. The SMILES string of the molecule is N#CCN(CC(=O)c1ccc2ccccc2c1)S(=O)(=O)c1ccc2ccccc2c1. The number of hydrogen-bond acceptors (Lipinski definition) is 4. The lowest BCUT2D eigenvalue weighted by atomic mass is 10.0. The molecular formula is C24H18N2O3S. The van der Waals surface area contributed by atoms with Crippen molar-refractivity contribution in [1.82, 2.24) is 4.31 Å². The van der Waals surface area contributed by atoms with Gasteiger partial charge in [0.2, 0.25) is 10.0 Å². The summed E-state index contributed by atoms with van der Waals surface area (Å²) in [5.74, 6) is -0.361. The molecule has 0 aliphatic heterocycles. The molecule has 0 spiro atoms. The molecule has 30 heavy (non-hydrogen) atoms. The fourth-order valence-corrected chi connectivity index (χ4v) is 4.72. The number of rotatable bonds is 6. The van der Waals surface area contributed by atoms with Crippen LogP contribution in [0.5, 0.6) is 0 Å². The van der Waals surface area contributed by atoms with Crippen LogP contribution in [-0.2, 0) is 10.0 Å². The first-order chi connectivity index (χ1) is 14.5. The molecule has 0 heterocycles. The highest BCUT2D eigenvalue weighted by Gasteiger charge is 2.27. The first-order valence-corrected chi connectivity index (χ1v) is 10.8. The summed E-state index contributed by atoms with van der Waals surface area (Å²) in [5, 5.41) is 12.8. The molecule has 0 saturated carbocycles. The van der Waals surface area contributed by atoms with Crippen LogP contribution in [-0.4, -0.2) is 31.6 Å². The van der Waals surface area contributed by atoms with E-state index in [2.05, 4.69) is 0 Å². The van der Waals surface area contributed by atoms with Crippen molar-refractivity contribution in [2.45, 2.75) is 4.90 Å². The molecule has 4 rings (SSSR count). The highest BCUT2D eigenvalue weighted by Crippen LogP contribution is 2.23. The van der Waals surface area contributed by atoms with Crippen molar-refractivity contribution in [3.63, 3.8) is 0 Å². The Bertz CT molecular complexity index is 1400. The van der Waals surface area contributed by atoms with E-state index in [1.807, 2.05) is 60.7 Å². The minimum absolute atomic E-state index is 0.0581. The summed E-state index contributed by atoms with van der Waals surface area (Å²) in [6, 6.07) is 26.9. The summed E-state index contributed by atoms with van der Waals surface area (Å²) in [7, 11) is -4.01. The zero-order valence-electron chi connectivity index (χ0n) is 16.0. The van der Waals surface area contributed by atoms with Crippen molar-refractivity contribution in [3.05, 3.63) is 90.5 Å². The second kappa shape index (κ2) is 8.07. The summed E-state index contributed by atoms with van der Waals surface area (Å²) in [6.07, 6.45) is 0. The first kappa shape index (κ1) is 19.8. The van der Waals surface area contributed by atoms with E-state index in [4.69, 9.17) is 0 Å². The summed E-state index contributed by atoms with van der Waals surface area (Å²) in [4.78, 5) is 12.9. The molecule has 0 aromatic heterocycles. The third kappa shape index (κ3) is 3.81. The molecule has 0 aliphatic rings. The third-order valence-electron chi connectivity index (χ3n) is 5.00. The second-order valence-electron chi connectivity index (χ2n) is 6.93. The van der Waals surface area contributed by atoms with Crippen molar-refractivity contribution in [2.24, 2.45) is 0 Å². The highest BCUT2D eigenvalue weighted by atomic mass is 32.2. The van der Waals surface area contributed by atoms with Crippen LogP contribution in [0.15, 0.2) is 89.8 Å². The van der Waals surface area contributed by atoms with Gasteiger partial charge in [0, 0.05) is 5.56 Å². The van der Waals surface area contributed by atoms with Crippen molar-refractivity contribution in [3.8, 4) is 6.07 Å². The lowest BCUT2D eigenvalue weighted by Crippen LogP contribution is -2.36. The zero-order chi connectivity index (χ0) is 21.1. The number of hydrogen-bond donors (Lipinski definition) is 0. The Kier molecular flexibility index (Phi) is 5.32. The van der Waals surface area contributed by atoms with Gasteiger partial charge >= 0.3 is 0 Å². The van der Waals surface area contributed by atoms with Crippen LogP contribution >= 0.6 is 0 Å². The molecule has 6 heteroatoms. The van der Waals surface area contributed by atoms with E-state index in [1.54, 1.807) is 24.3 Å². The molecule has 0 bridgehead atoms. The maximum atomic E-state index is 13.2. The molecule has 0 aliphatic carbocycles. The molecule has 0 saturated heterocycles. The van der Waals surface area contributed by atoms with Crippen LogP contribution < -0.4 is 0 Å². The van der Waals surface area contributed by atoms with Gasteiger partial charge in [-0.25, -0.2) is 8.42 Å². The Balaban J connectivity index is 1.66. The van der Waals surface area contributed by atoms with E-state index >= 15 is 0 Å². The van der Waals surface area contributed by atoms with E-state index in [1.165, 1.54) is 6.07 Å². The Morgan fingerprint density at radius 1 is 0.800 bits per heavy atom. The van der Waals surface area contributed by atoms with Crippen LogP contribution in [0, 0.1) is 11.3 Å². The number of nitriles is 1. The number of sulfonamides is 1. The van der Waals surface area contributed by atoms with E-state index < -0.39 is 23.1 Å². The van der Waals surface area contributed by atoms with Crippen LogP contribution in [0.2, 0.25) is 0 Å².